The van der Waals surface area contributed by atoms with Gasteiger partial charge in [0.25, 0.3) is 0 Å². The van der Waals surface area contributed by atoms with Gasteiger partial charge in [0.2, 0.25) is 0 Å². The van der Waals surface area contributed by atoms with Gasteiger partial charge >= 0.3 is 0 Å². The predicted molar refractivity (Wildman–Crippen MR) is 216 cm³/mol. The number of para-hydroxylation sites is 6. The molecule has 0 atom stereocenters. The maximum absolute atomic E-state index is 14.7. The second-order valence-corrected chi connectivity index (χ2v) is 13.2. The van der Waals surface area contributed by atoms with Gasteiger partial charge in [-0.15, -0.1) is 0 Å². The fourth-order valence-corrected chi connectivity index (χ4v) is 7.23. The van der Waals surface area contributed by atoms with E-state index in [9.17, 15) is 8.78 Å². The zero-order valence-corrected chi connectivity index (χ0v) is 29.6. The number of hydrogen-bond acceptors (Lipinski definition) is 5. The average Bonchev–Trinajstić information content (AvgIpc) is 3.83. The molecule has 9 heteroatoms. The molecule has 7 aromatic carbocycles. The van der Waals surface area contributed by atoms with Gasteiger partial charge in [-0.25, -0.2) is 33.7 Å². The van der Waals surface area contributed by atoms with Gasteiger partial charge in [0.05, 0.1) is 33.4 Å². The van der Waals surface area contributed by atoms with Gasteiger partial charge in [0, 0.05) is 27.8 Å². The molecule has 0 radical (unpaired) electrons. The minimum Gasteiger partial charge on any atom is -0.292 e. The van der Waals surface area contributed by atoms with E-state index in [1.165, 1.54) is 24.3 Å². The van der Waals surface area contributed by atoms with Crippen LogP contribution in [0.15, 0.2) is 176 Å². The van der Waals surface area contributed by atoms with E-state index in [0.29, 0.717) is 40.2 Å². The number of rotatable bonds is 7. The van der Waals surface area contributed by atoms with E-state index in [1.807, 2.05) is 149 Å². The molecule has 266 valence electrons. The highest BCUT2D eigenvalue weighted by Crippen LogP contribution is 2.37. The van der Waals surface area contributed by atoms with Crippen LogP contribution in [0.4, 0.5) is 8.78 Å². The zero-order valence-electron chi connectivity index (χ0n) is 29.6. The van der Waals surface area contributed by atoms with Crippen molar-refractivity contribution in [1.82, 2.24) is 34.1 Å². The lowest BCUT2D eigenvalue weighted by Crippen LogP contribution is -2.06. The number of benzene rings is 7. The monoisotopic (exact) mass is 729 g/mol. The minimum atomic E-state index is -0.353. The van der Waals surface area contributed by atoms with E-state index in [2.05, 4.69) is 0 Å². The Labute approximate surface area is 319 Å². The molecule has 0 bridgehead atoms. The normalized spacial score (nSPS) is 11.4. The highest BCUT2D eigenvalue weighted by molar-refractivity contribution is 5.88. The lowest BCUT2D eigenvalue weighted by atomic mass is 10.1. The zero-order chi connectivity index (χ0) is 37.6. The highest BCUT2D eigenvalue weighted by atomic mass is 19.1. The van der Waals surface area contributed by atoms with Gasteiger partial charge in [-0.2, -0.15) is 0 Å². The first-order chi connectivity index (χ1) is 27.6. The third-order valence-corrected chi connectivity index (χ3v) is 9.73. The molecule has 0 aliphatic carbocycles. The molecule has 10 aromatic rings. The topological polar surface area (TPSA) is 74.3 Å². The Morgan fingerprint density at radius 2 is 0.750 bits per heavy atom. The summed E-state index contributed by atoms with van der Waals surface area (Å²) in [5, 5.41) is 0. The predicted octanol–water partition coefficient (Wildman–Crippen LogP) is 11.2. The standard InChI is InChI=1S/C47H29F2N7/c48-33-18-12-16-31(28-33)46-50-37-22-6-10-26-41(37)55(46)39-24-8-4-20-35(39)44-52-43(30-14-2-1-3-15-30)53-45(54-44)36-21-5-9-25-40(36)56-42-27-11-7-23-38(42)51-47(56)32-17-13-19-34(49)29-32/h1-29H. The summed E-state index contributed by atoms with van der Waals surface area (Å²) in [6, 6.07) is 54.1. The molecule has 0 saturated carbocycles. The van der Waals surface area contributed by atoms with Crippen LogP contribution in [0.3, 0.4) is 0 Å². The van der Waals surface area contributed by atoms with Gasteiger partial charge in [0.1, 0.15) is 23.3 Å². The number of imidazole rings is 2. The van der Waals surface area contributed by atoms with E-state index in [1.54, 1.807) is 12.1 Å². The maximum Gasteiger partial charge on any atom is 0.166 e. The fraction of sp³-hybridized carbons (Fsp3) is 0. The van der Waals surface area contributed by atoms with Gasteiger partial charge < -0.3 is 0 Å². The van der Waals surface area contributed by atoms with Crippen molar-refractivity contribution in [3.8, 4) is 68.3 Å². The molecular weight excluding hydrogens is 701 g/mol. The van der Waals surface area contributed by atoms with E-state index < -0.39 is 0 Å². The van der Waals surface area contributed by atoms with Crippen LogP contribution in [0.25, 0.3) is 90.4 Å². The van der Waals surface area contributed by atoms with Crippen molar-refractivity contribution in [2.45, 2.75) is 0 Å². The third-order valence-electron chi connectivity index (χ3n) is 9.73. The second-order valence-electron chi connectivity index (χ2n) is 13.2. The molecule has 0 amide bonds. The molecule has 0 aliphatic heterocycles. The van der Waals surface area contributed by atoms with Gasteiger partial charge in [0.15, 0.2) is 17.5 Å². The third kappa shape index (κ3) is 5.79. The van der Waals surface area contributed by atoms with Crippen molar-refractivity contribution in [1.29, 1.82) is 0 Å². The van der Waals surface area contributed by atoms with Crippen LogP contribution in [0.2, 0.25) is 0 Å². The van der Waals surface area contributed by atoms with Crippen molar-refractivity contribution >= 4 is 22.1 Å². The van der Waals surface area contributed by atoms with Crippen LogP contribution < -0.4 is 0 Å². The van der Waals surface area contributed by atoms with Gasteiger partial charge in [-0.05, 0) is 72.8 Å². The van der Waals surface area contributed by atoms with Crippen molar-refractivity contribution in [2.75, 3.05) is 0 Å². The average molecular weight is 730 g/mol. The first kappa shape index (κ1) is 33.0. The Hall–Kier alpha value is -7.65. The van der Waals surface area contributed by atoms with Crippen LogP contribution in [0.5, 0.6) is 0 Å². The van der Waals surface area contributed by atoms with E-state index in [-0.39, 0.29) is 11.6 Å². The Kier molecular flexibility index (Phi) is 8.03. The molecule has 0 fully saturated rings. The quantitative estimate of drug-likeness (QED) is 0.163. The Bertz CT molecular complexity index is 2890. The van der Waals surface area contributed by atoms with Crippen LogP contribution in [-0.4, -0.2) is 34.1 Å². The Balaban J connectivity index is 1.23. The summed E-state index contributed by atoms with van der Waals surface area (Å²) in [4.78, 5) is 25.4. The molecule has 0 N–H and O–H groups in total. The van der Waals surface area contributed by atoms with Crippen LogP contribution >= 0.6 is 0 Å². The first-order valence-corrected chi connectivity index (χ1v) is 18.1. The molecular formula is C47H29F2N7. The summed E-state index contributed by atoms with van der Waals surface area (Å²) >= 11 is 0. The summed E-state index contributed by atoms with van der Waals surface area (Å²) in [5.74, 6) is 1.81. The summed E-state index contributed by atoms with van der Waals surface area (Å²) in [5.41, 5.74) is 8.27. The molecule has 0 aliphatic rings. The number of halogens is 2. The van der Waals surface area contributed by atoms with Gasteiger partial charge in [-0.3, -0.25) is 9.13 Å². The van der Waals surface area contributed by atoms with Crippen LogP contribution in [0.1, 0.15) is 0 Å². The SMILES string of the molecule is Fc1cccc(-c2nc3ccccc3n2-c2ccccc2-c2nc(-c3ccccc3)nc(-c3ccccc3-n3c(-c4cccc(F)c4)nc4ccccc43)n2)c1. The molecule has 7 nitrogen and oxygen atoms in total. The van der Waals surface area contributed by atoms with E-state index in [0.717, 1.165) is 50.1 Å². The smallest absolute Gasteiger partial charge is 0.166 e. The Morgan fingerprint density at radius 1 is 0.339 bits per heavy atom. The van der Waals surface area contributed by atoms with Gasteiger partial charge in [-0.1, -0.05) is 103 Å². The second kappa shape index (κ2) is 13.6. The van der Waals surface area contributed by atoms with Crippen molar-refractivity contribution in [3.05, 3.63) is 188 Å². The number of nitrogens with zero attached hydrogens (tertiary/aromatic N) is 7. The molecule has 0 unspecified atom stereocenters. The summed E-state index contributed by atoms with van der Waals surface area (Å²) < 4.78 is 33.4. The van der Waals surface area contributed by atoms with Crippen molar-refractivity contribution < 1.29 is 8.78 Å². The molecule has 3 heterocycles. The lowest BCUT2D eigenvalue weighted by molar-refractivity contribution is 0.627. The maximum atomic E-state index is 14.7. The molecule has 0 saturated heterocycles. The number of fused-ring (bicyclic) bond motifs is 2. The minimum absolute atomic E-state index is 0.353. The summed E-state index contributed by atoms with van der Waals surface area (Å²) in [7, 11) is 0. The molecule has 3 aromatic heterocycles. The van der Waals surface area contributed by atoms with Crippen LogP contribution in [0, 0.1) is 11.6 Å². The van der Waals surface area contributed by atoms with Crippen molar-refractivity contribution in [3.63, 3.8) is 0 Å². The van der Waals surface area contributed by atoms with E-state index in [4.69, 9.17) is 24.9 Å². The molecule has 56 heavy (non-hydrogen) atoms. The van der Waals surface area contributed by atoms with Crippen molar-refractivity contribution in [2.24, 2.45) is 0 Å². The highest BCUT2D eigenvalue weighted by Gasteiger charge is 2.23. The first-order valence-electron chi connectivity index (χ1n) is 18.1. The van der Waals surface area contributed by atoms with E-state index >= 15 is 0 Å². The Morgan fingerprint density at radius 3 is 1.25 bits per heavy atom. The number of aromatic nitrogens is 7. The largest absolute Gasteiger partial charge is 0.292 e. The molecule has 10 rings (SSSR count). The lowest BCUT2D eigenvalue weighted by Gasteiger charge is -2.17. The summed E-state index contributed by atoms with van der Waals surface area (Å²) in [6.07, 6.45) is 0. The number of hydrogen-bond donors (Lipinski definition) is 0. The van der Waals surface area contributed by atoms with Crippen LogP contribution in [-0.2, 0) is 0 Å². The summed E-state index contributed by atoms with van der Waals surface area (Å²) in [6.45, 7) is 0. The molecule has 0 spiro atoms. The fourth-order valence-electron chi connectivity index (χ4n) is 7.23.